The van der Waals surface area contributed by atoms with Gasteiger partial charge >= 0.3 is 0 Å². The van der Waals surface area contributed by atoms with Crippen LogP contribution in [0.2, 0.25) is 5.02 Å². The van der Waals surface area contributed by atoms with E-state index >= 15 is 0 Å². The first-order valence-corrected chi connectivity index (χ1v) is 12.4. The van der Waals surface area contributed by atoms with E-state index in [4.69, 9.17) is 21.1 Å². The van der Waals surface area contributed by atoms with Crippen molar-refractivity contribution in [2.75, 3.05) is 14.2 Å². The van der Waals surface area contributed by atoms with E-state index in [9.17, 15) is 9.59 Å². The second-order valence-electron chi connectivity index (χ2n) is 8.75. The Morgan fingerprint density at radius 1 is 1.03 bits per heavy atom. The zero-order valence-electron chi connectivity index (χ0n) is 20.3. The molecule has 0 heterocycles. The number of methoxy groups -OCH3 is 2. The molecule has 0 aliphatic heterocycles. The molecule has 2 aromatic carbocycles. The van der Waals surface area contributed by atoms with Gasteiger partial charge in [0.25, 0.3) is 0 Å². The van der Waals surface area contributed by atoms with Gasteiger partial charge in [0.2, 0.25) is 11.8 Å². The molecule has 1 saturated carbocycles. The molecule has 0 radical (unpaired) electrons. The van der Waals surface area contributed by atoms with Crippen LogP contribution in [0.4, 0.5) is 0 Å². The highest BCUT2D eigenvalue weighted by Gasteiger charge is 2.30. The average Bonchev–Trinajstić information content (AvgIpc) is 3.36. The summed E-state index contributed by atoms with van der Waals surface area (Å²) >= 11 is 6.05. The van der Waals surface area contributed by atoms with Crippen LogP contribution >= 0.6 is 11.6 Å². The van der Waals surface area contributed by atoms with Crippen molar-refractivity contribution < 1.29 is 19.1 Å². The summed E-state index contributed by atoms with van der Waals surface area (Å²) in [4.78, 5) is 28.4. The lowest BCUT2D eigenvalue weighted by molar-refractivity contribution is -0.141. The van der Waals surface area contributed by atoms with Gasteiger partial charge in [0.15, 0.2) is 11.5 Å². The molecule has 184 valence electrons. The van der Waals surface area contributed by atoms with Crippen molar-refractivity contribution in [1.29, 1.82) is 0 Å². The second kappa shape index (κ2) is 12.7. The molecular weight excluding hydrogens is 452 g/mol. The Morgan fingerprint density at radius 3 is 2.29 bits per heavy atom. The van der Waals surface area contributed by atoms with Gasteiger partial charge in [-0.3, -0.25) is 9.59 Å². The first-order chi connectivity index (χ1) is 16.4. The molecule has 1 fully saturated rings. The van der Waals surface area contributed by atoms with Crippen molar-refractivity contribution in [3.05, 3.63) is 58.6 Å². The van der Waals surface area contributed by atoms with Crippen LogP contribution in [0.25, 0.3) is 0 Å². The first-order valence-electron chi connectivity index (χ1n) is 12.0. The highest BCUT2D eigenvalue weighted by molar-refractivity contribution is 6.30. The van der Waals surface area contributed by atoms with Gasteiger partial charge in [-0.25, -0.2) is 0 Å². The van der Waals surface area contributed by atoms with Crippen LogP contribution in [-0.2, 0) is 22.6 Å². The molecule has 34 heavy (non-hydrogen) atoms. The number of nitrogens with zero attached hydrogens (tertiary/aromatic N) is 1. The monoisotopic (exact) mass is 486 g/mol. The van der Waals surface area contributed by atoms with Gasteiger partial charge in [0.1, 0.15) is 6.04 Å². The predicted molar refractivity (Wildman–Crippen MR) is 134 cm³/mol. The molecule has 0 bridgehead atoms. The number of nitrogens with one attached hydrogen (secondary N) is 1. The number of carbonyl (C=O) groups excluding carboxylic acids is 2. The number of amides is 2. The number of benzene rings is 2. The highest BCUT2D eigenvalue weighted by atomic mass is 35.5. The van der Waals surface area contributed by atoms with Crippen LogP contribution < -0.4 is 14.8 Å². The fraction of sp³-hybridized carbons (Fsp3) is 0.481. The summed E-state index contributed by atoms with van der Waals surface area (Å²) in [6.07, 6.45) is 5.67. The molecule has 2 aromatic rings. The van der Waals surface area contributed by atoms with Gasteiger partial charge in [-0.1, -0.05) is 49.6 Å². The molecule has 6 nitrogen and oxygen atoms in total. The first kappa shape index (κ1) is 25.9. The summed E-state index contributed by atoms with van der Waals surface area (Å²) in [6, 6.07) is 12.8. The quantitative estimate of drug-likeness (QED) is 0.476. The number of aryl methyl sites for hydroxylation is 1. The van der Waals surface area contributed by atoms with Gasteiger partial charge in [-0.15, -0.1) is 0 Å². The Balaban J connectivity index is 1.76. The number of carbonyl (C=O) groups is 2. The lowest BCUT2D eigenvalue weighted by Gasteiger charge is -2.31. The third kappa shape index (κ3) is 6.89. The maximum Gasteiger partial charge on any atom is 0.243 e. The summed E-state index contributed by atoms with van der Waals surface area (Å²) in [5.41, 5.74) is 1.91. The minimum absolute atomic E-state index is 0.0573. The molecule has 0 spiro atoms. The van der Waals surface area contributed by atoms with Gasteiger partial charge in [0, 0.05) is 24.0 Å². The minimum Gasteiger partial charge on any atom is -0.493 e. The maximum atomic E-state index is 13.5. The Bertz CT molecular complexity index is 958. The molecular formula is C27H35ClN2O4. The Morgan fingerprint density at radius 2 is 1.68 bits per heavy atom. The van der Waals surface area contributed by atoms with Crippen LogP contribution in [-0.4, -0.2) is 43.0 Å². The SMILES string of the molecule is CC[C@H](C(=O)NC1CCCC1)N(Cc1ccc(Cl)cc1)C(=O)CCc1ccc(OC)c(OC)c1. The molecule has 3 rings (SSSR count). The molecule has 7 heteroatoms. The summed E-state index contributed by atoms with van der Waals surface area (Å²) in [5.74, 6) is 1.16. The Labute approximate surface area is 207 Å². The zero-order valence-corrected chi connectivity index (χ0v) is 21.1. The lowest BCUT2D eigenvalue weighted by Crippen LogP contribution is -2.51. The van der Waals surface area contributed by atoms with Crippen LogP contribution in [0.5, 0.6) is 11.5 Å². The van der Waals surface area contributed by atoms with Crippen LogP contribution in [0.1, 0.15) is 56.6 Å². The fourth-order valence-corrected chi connectivity index (χ4v) is 4.63. The highest BCUT2D eigenvalue weighted by Crippen LogP contribution is 2.28. The van der Waals surface area contributed by atoms with Gasteiger partial charge in [-0.05, 0) is 61.1 Å². The molecule has 1 N–H and O–H groups in total. The molecule has 0 unspecified atom stereocenters. The normalized spacial score (nSPS) is 14.5. The van der Waals surface area contributed by atoms with Crippen molar-refractivity contribution in [2.24, 2.45) is 0 Å². The minimum atomic E-state index is -0.519. The number of rotatable bonds is 11. The zero-order chi connectivity index (χ0) is 24.5. The van der Waals surface area contributed by atoms with E-state index in [1.165, 1.54) is 0 Å². The maximum absolute atomic E-state index is 13.5. The third-order valence-electron chi connectivity index (χ3n) is 6.43. The smallest absolute Gasteiger partial charge is 0.243 e. The number of halogens is 1. The molecule has 1 aliphatic rings. The standard InChI is InChI=1S/C27H35ClN2O4/c1-4-23(27(32)29-22-7-5-6-8-22)30(18-20-9-13-21(28)14-10-20)26(31)16-12-19-11-15-24(33-2)25(17-19)34-3/h9-11,13-15,17,22-23H,4-8,12,16,18H2,1-3H3,(H,29,32)/t23-/m1/s1. The summed E-state index contributed by atoms with van der Waals surface area (Å²) < 4.78 is 10.7. The molecule has 2 amide bonds. The second-order valence-corrected chi connectivity index (χ2v) is 9.19. The van der Waals surface area contributed by atoms with Crippen LogP contribution in [0.15, 0.2) is 42.5 Å². The van der Waals surface area contributed by atoms with Gasteiger partial charge in [0.05, 0.1) is 14.2 Å². The predicted octanol–water partition coefficient (Wildman–Crippen LogP) is 5.16. The van der Waals surface area contributed by atoms with E-state index in [1.807, 2.05) is 49.4 Å². The average molecular weight is 487 g/mol. The number of hydrogen-bond donors (Lipinski definition) is 1. The largest absolute Gasteiger partial charge is 0.493 e. The topological polar surface area (TPSA) is 67.9 Å². The molecule has 1 aliphatic carbocycles. The Hall–Kier alpha value is -2.73. The lowest BCUT2D eigenvalue weighted by atomic mass is 10.1. The number of hydrogen-bond acceptors (Lipinski definition) is 4. The summed E-state index contributed by atoms with van der Waals surface area (Å²) in [5, 5.41) is 3.82. The third-order valence-corrected chi connectivity index (χ3v) is 6.68. The summed E-state index contributed by atoms with van der Waals surface area (Å²) in [7, 11) is 3.19. The van der Waals surface area contributed by atoms with E-state index in [-0.39, 0.29) is 24.3 Å². The molecule has 1 atom stereocenters. The Kier molecular flexibility index (Phi) is 9.63. The van der Waals surface area contributed by atoms with Crippen molar-refractivity contribution in [3.63, 3.8) is 0 Å². The van der Waals surface area contributed by atoms with Crippen LogP contribution in [0.3, 0.4) is 0 Å². The molecule has 0 saturated heterocycles. The van der Waals surface area contributed by atoms with E-state index in [2.05, 4.69) is 5.32 Å². The van der Waals surface area contributed by atoms with Crippen molar-refractivity contribution in [2.45, 2.75) is 70.5 Å². The van der Waals surface area contributed by atoms with E-state index in [0.29, 0.717) is 35.9 Å². The molecule has 0 aromatic heterocycles. The van der Waals surface area contributed by atoms with Crippen LogP contribution in [0, 0.1) is 0 Å². The van der Waals surface area contributed by atoms with Gasteiger partial charge < -0.3 is 19.7 Å². The summed E-state index contributed by atoms with van der Waals surface area (Å²) in [6.45, 7) is 2.31. The van der Waals surface area contributed by atoms with Crippen molar-refractivity contribution in [3.8, 4) is 11.5 Å². The van der Waals surface area contributed by atoms with Crippen molar-refractivity contribution in [1.82, 2.24) is 10.2 Å². The fourth-order valence-electron chi connectivity index (χ4n) is 4.50. The van der Waals surface area contributed by atoms with E-state index < -0.39 is 6.04 Å². The van der Waals surface area contributed by atoms with Crippen molar-refractivity contribution >= 4 is 23.4 Å². The van der Waals surface area contributed by atoms with E-state index in [0.717, 1.165) is 36.8 Å². The number of ether oxygens (including phenoxy) is 2. The van der Waals surface area contributed by atoms with E-state index in [1.54, 1.807) is 19.1 Å². The van der Waals surface area contributed by atoms with Gasteiger partial charge in [-0.2, -0.15) is 0 Å².